The molecule has 0 bridgehead atoms. The maximum Gasteiger partial charge on any atom is 2.00 e. The van der Waals surface area contributed by atoms with Gasteiger partial charge in [0, 0.05) is 11.1 Å². The maximum atomic E-state index is 12.4. The molecule has 0 fully saturated rings. The molecule has 0 amide bonds. The molecule has 0 unspecified atom stereocenters. The molecule has 0 heterocycles. The summed E-state index contributed by atoms with van der Waals surface area (Å²) >= 11 is 0. The van der Waals surface area contributed by atoms with E-state index >= 15 is 0 Å². The van der Waals surface area contributed by atoms with Gasteiger partial charge in [0.1, 0.15) is 0 Å². The van der Waals surface area contributed by atoms with E-state index in [9.17, 15) is 10.2 Å². The quantitative estimate of drug-likeness (QED) is 0.115. The molecule has 4 rings (SSSR count). The first-order valence-corrected chi connectivity index (χ1v) is 19.0. The average Bonchev–Trinajstić information content (AvgIpc) is 3.13. The van der Waals surface area contributed by atoms with E-state index in [1.54, 1.807) is 24.3 Å². The van der Waals surface area contributed by atoms with Crippen molar-refractivity contribution in [2.24, 2.45) is 0 Å². The monoisotopic (exact) mass is 752 g/mol. The molecule has 0 aliphatic carbocycles. The summed E-state index contributed by atoms with van der Waals surface area (Å²) in [6.45, 7) is 29.1. The van der Waals surface area contributed by atoms with E-state index in [0.717, 1.165) is 59.8 Å². The molecule has 53 heavy (non-hydrogen) atoms. The van der Waals surface area contributed by atoms with Gasteiger partial charge in [-0.25, -0.2) is 10.6 Å². The van der Waals surface area contributed by atoms with Crippen molar-refractivity contribution in [3.8, 4) is 0 Å². The predicted molar refractivity (Wildman–Crippen MR) is 221 cm³/mol. The summed E-state index contributed by atoms with van der Waals surface area (Å²) in [4.78, 5) is 0. The van der Waals surface area contributed by atoms with E-state index in [-0.39, 0.29) is 34.2 Å². The zero-order chi connectivity index (χ0) is 39.1. The molecule has 0 aliphatic heterocycles. The van der Waals surface area contributed by atoms with Gasteiger partial charge in [0.2, 0.25) is 0 Å². The average molecular weight is 753 g/mol. The van der Waals surface area contributed by atoms with Crippen molar-refractivity contribution in [3.05, 3.63) is 154 Å². The van der Waals surface area contributed by atoms with Crippen LogP contribution in [0.2, 0.25) is 0 Å². The third-order valence-corrected chi connectivity index (χ3v) is 8.05. The summed E-state index contributed by atoms with van der Waals surface area (Å²) in [5.41, 5.74) is 7.47. The Labute approximate surface area is 338 Å². The van der Waals surface area contributed by atoms with Gasteiger partial charge < -0.3 is 10.6 Å². The van der Waals surface area contributed by atoms with Gasteiger partial charge in [0.05, 0.1) is 11.4 Å². The molecule has 0 aromatic heterocycles. The number of nitrogens with zero attached hydrogens (tertiary/aromatic N) is 4. The zero-order valence-corrected chi connectivity index (χ0v) is 36.0. The second-order valence-corrected chi connectivity index (χ2v) is 13.5. The molecule has 0 spiro atoms. The number of para-hydroxylation sites is 2. The van der Waals surface area contributed by atoms with Gasteiger partial charge in [-0.1, -0.05) is 180 Å². The number of hydrogen-bond donors (Lipinski definition) is 0. The molecular weight excluding hydrogens is 688 g/mol. The Hall–Kier alpha value is -2.97. The standard InChI is InChI=1S/2C19H22NO.2C4H10N.Ti/c2*1-13(2)16-11-8-12-17(14(3)4)18(16)20-19(21)15-9-6-5-7-10-15;2*1-3-5-4-2;/h2*5-14H,1-4H3;2*3-4H2,1-2H3;/q;;2*-1;+2. The fourth-order valence-corrected chi connectivity index (χ4v) is 5.22. The molecule has 0 aliphatic rings. The van der Waals surface area contributed by atoms with Crippen molar-refractivity contribution < 1.29 is 31.9 Å². The number of rotatable bonds is 14. The van der Waals surface area contributed by atoms with E-state index in [0.29, 0.717) is 34.8 Å². The van der Waals surface area contributed by atoms with Crippen molar-refractivity contribution in [1.82, 2.24) is 10.6 Å². The summed E-state index contributed by atoms with van der Waals surface area (Å²) in [6, 6.07) is 30.8. The molecule has 0 N–H and O–H groups in total. The van der Waals surface area contributed by atoms with Crippen LogP contribution in [0.1, 0.15) is 140 Å². The van der Waals surface area contributed by atoms with Gasteiger partial charge in [-0.3, -0.25) is 0 Å². The van der Waals surface area contributed by atoms with E-state index < -0.39 is 0 Å². The summed E-state index contributed by atoms with van der Waals surface area (Å²) in [5, 5.41) is 41.6. The molecule has 0 saturated heterocycles. The molecule has 0 atom stereocenters. The zero-order valence-electron chi connectivity index (χ0n) is 34.5. The van der Waals surface area contributed by atoms with Crippen LogP contribution in [0.25, 0.3) is 10.6 Å². The Morgan fingerprint density at radius 1 is 0.434 bits per heavy atom. The van der Waals surface area contributed by atoms with Gasteiger partial charge in [-0.15, -0.1) is 0 Å². The first kappa shape index (κ1) is 50.0. The Morgan fingerprint density at radius 3 is 0.868 bits per heavy atom. The topological polar surface area (TPSA) is 96.2 Å². The molecule has 0 saturated carbocycles. The van der Waals surface area contributed by atoms with Crippen LogP contribution in [-0.4, -0.2) is 26.2 Å². The fraction of sp³-hybridized carbons (Fsp3) is 0.435. The van der Waals surface area contributed by atoms with Gasteiger partial charge in [0.15, 0.2) is 0 Å². The van der Waals surface area contributed by atoms with Crippen LogP contribution in [0, 0.1) is 12.5 Å². The summed E-state index contributed by atoms with van der Waals surface area (Å²) < 4.78 is 0. The van der Waals surface area contributed by atoms with Crippen LogP contribution in [0.3, 0.4) is 0 Å². The Bertz CT molecular complexity index is 1310. The fourth-order valence-electron chi connectivity index (χ4n) is 5.22. The second-order valence-electron chi connectivity index (χ2n) is 13.5. The van der Waals surface area contributed by atoms with Crippen LogP contribution in [-0.2, 0) is 31.9 Å². The van der Waals surface area contributed by atoms with Gasteiger partial charge in [0.25, 0.3) is 12.5 Å². The van der Waals surface area contributed by atoms with E-state index in [1.807, 2.05) is 64.1 Å². The first-order chi connectivity index (χ1) is 24.8. The Morgan fingerprint density at radius 2 is 0.679 bits per heavy atom. The van der Waals surface area contributed by atoms with Gasteiger partial charge in [-0.05, 0) is 45.9 Å². The van der Waals surface area contributed by atoms with E-state index in [4.69, 9.17) is 0 Å². The van der Waals surface area contributed by atoms with Crippen molar-refractivity contribution in [2.45, 2.75) is 107 Å². The molecule has 7 heteroatoms. The Kier molecular flexibility index (Phi) is 26.9. The summed E-state index contributed by atoms with van der Waals surface area (Å²) in [6.07, 6.45) is -0.351. The van der Waals surface area contributed by atoms with E-state index in [1.165, 1.54) is 0 Å². The van der Waals surface area contributed by atoms with Gasteiger partial charge >= 0.3 is 21.7 Å². The predicted octanol–water partition coefficient (Wildman–Crippen LogP) is 13.1. The maximum absolute atomic E-state index is 12.4. The molecule has 6 nitrogen and oxygen atoms in total. The van der Waals surface area contributed by atoms with Crippen LogP contribution in [0.4, 0.5) is 11.4 Å². The number of hydrogen-bond acceptors (Lipinski definition) is 0. The van der Waals surface area contributed by atoms with Crippen LogP contribution in [0.5, 0.6) is 0 Å². The van der Waals surface area contributed by atoms with Crippen molar-refractivity contribution in [2.75, 3.05) is 26.2 Å². The van der Waals surface area contributed by atoms with Crippen molar-refractivity contribution >= 4 is 11.4 Å². The van der Waals surface area contributed by atoms with Crippen LogP contribution in [0.15, 0.2) is 97.1 Å². The number of benzene rings is 4. The largest absolute Gasteiger partial charge is 2.00 e. The third kappa shape index (κ3) is 18.3. The first-order valence-electron chi connectivity index (χ1n) is 19.0. The molecule has 4 aromatic carbocycles. The third-order valence-electron chi connectivity index (χ3n) is 8.05. The minimum absolute atomic E-state index is 0. The van der Waals surface area contributed by atoms with Gasteiger partial charge in [-0.2, -0.15) is 36.4 Å². The van der Waals surface area contributed by atoms with E-state index in [2.05, 4.69) is 113 Å². The minimum Gasteiger partial charge on any atom is -0.663 e. The summed E-state index contributed by atoms with van der Waals surface area (Å²) in [7, 11) is 0. The van der Waals surface area contributed by atoms with Crippen molar-refractivity contribution in [1.29, 1.82) is 0 Å². The molecular formula is C46H64N4O2Ti. The van der Waals surface area contributed by atoms with Crippen LogP contribution >= 0.6 is 0 Å². The smallest absolute Gasteiger partial charge is 0.663 e. The summed E-state index contributed by atoms with van der Waals surface area (Å²) in [5.74, 6) is 1.36. The van der Waals surface area contributed by atoms with Crippen LogP contribution < -0.4 is 10.6 Å². The Balaban J connectivity index is 0.000000802. The molecule has 284 valence electrons. The van der Waals surface area contributed by atoms with Crippen molar-refractivity contribution in [3.63, 3.8) is 0 Å². The minimum atomic E-state index is -0.175. The normalized spacial score (nSPS) is 10.6. The SMILES string of the molecule is CC(C)c1cccc(C(C)C)c1[N][C]([O])c1ccccc1.CC(C)c1cccc(C(C)C)c1[N][C]([O])c1ccccc1.CC[N-]CC.CC[N-]CC.[Ti+2]. The molecule has 4 aromatic rings. The second kappa shape index (κ2) is 28.5. The molecule has 6 radical (unpaired) electrons.